The largest absolute Gasteiger partial charge is 0.481 e. The van der Waals surface area contributed by atoms with Crippen LogP contribution >= 0.6 is 0 Å². The molecule has 1 heterocycles. The molecule has 1 aliphatic rings. The van der Waals surface area contributed by atoms with Crippen LogP contribution in [0.15, 0.2) is 0 Å². The van der Waals surface area contributed by atoms with E-state index >= 15 is 0 Å². The second kappa shape index (κ2) is 6.93. The number of methoxy groups -OCH3 is 1. The zero-order chi connectivity index (χ0) is 15.4. The first kappa shape index (κ1) is 15.8. The molecule has 0 radical (unpaired) electrons. The molecule has 0 bridgehead atoms. The minimum absolute atomic E-state index is 0.0717. The lowest BCUT2D eigenvalue weighted by atomic mass is 10.2. The van der Waals surface area contributed by atoms with Gasteiger partial charge in [-0.1, -0.05) is 12.8 Å². The SMILES string of the molecule is COc1c(CN[C@H](C)C(=O)NC2CCCC2)c(C)nn1C. The molecule has 2 rings (SSSR count). The number of carbonyl (C=O) groups is 1. The first-order chi connectivity index (χ1) is 10.0. The van der Waals surface area contributed by atoms with Gasteiger partial charge in [0.05, 0.1) is 24.4 Å². The van der Waals surface area contributed by atoms with Crippen molar-refractivity contribution in [3.8, 4) is 5.88 Å². The van der Waals surface area contributed by atoms with Crippen molar-refractivity contribution in [1.29, 1.82) is 0 Å². The molecule has 0 spiro atoms. The Morgan fingerprint density at radius 2 is 2.14 bits per heavy atom. The number of nitrogens with one attached hydrogen (secondary N) is 2. The number of amides is 1. The molecule has 1 aromatic rings. The fourth-order valence-corrected chi connectivity index (χ4v) is 2.88. The van der Waals surface area contributed by atoms with Crippen molar-refractivity contribution in [3.05, 3.63) is 11.3 Å². The van der Waals surface area contributed by atoms with Gasteiger partial charge in [-0.2, -0.15) is 5.10 Å². The van der Waals surface area contributed by atoms with E-state index in [0.717, 1.165) is 30.0 Å². The van der Waals surface area contributed by atoms with Crippen molar-refractivity contribution < 1.29 is 9.53 Å². The summed E-state index contributed by atoms with van der Waals surface area (Å²) in [6.45, 7) is 4.41. The van der Waals surface area contributed by atoms with Crippen LogP contribution < -0.4 is 15.4 Å². The van der Waals surface area contributed by atoms with Crippen LogP contribution in [0.5, 0.6) is 5.88 Å². The quantitative estimate of drug-likeness (QED) is 0.829. The van der Waals surface area contributed by atoms with E-state index in [1.807, 2.05) is 20.9 Å². The molecule has 0 aromatic carbocycles. The molecule has 6 nitrogen and oxygen atoms in total. The molecule has 1 fully saturated rings. The number of hydrogen-bond donors (Lipinski definition) is 2. The second-order valence-electron chi connectivity index (χ2n) is 5.79. The van der Waals surface area contributed by atoms with Crippen molar-refractivity contribution in [2.24, 2.45) is 7.05 Å². The molecule has 1 saturated carbocycles. The van der Waals surface area contributed by atoms with Crippen molar-refractivity contribution in [2.75, 3.05) is 7.11 Å². The van der Waals surface area contributed by atoms with Crippen LogP contribution in [0.25, 0.3) is 0 Å². The Balaban J connectivity index is 1.88. The van der Waals surface area contributed by atoms with Crippen LogP contribution in [-0.2, 0) is 18.4 Å². The normalized spacial score (nSPS) is 17.0. The van der Waals surface area contributed by atoms with Crippen molar-refractivity contribution >= 4 is 5.91 Å². The Morgan fingerprint density at radius 3 is 2.76 bits per heavy atom. The first-order valence-corrected chi connectivity index (χ1v) is 7.63. The predicted molar refractivity (Wildman–Crippen MR) is 81.2 cm³/mol. The molecule has 6 heteroatoms. The topological polar surface area (TPSA) is 68.2 Å². The Hall–Kier alpha value is -1.56. The standard InChI is InChI=1S/C15H26N4O2/c1-10-13(15(21-4)19(3)18-10)9-16-11(2)14(20)17-12-7-5-6-8-12/h11-12,16H,5-9H2,1-4H3,(H,17,20)/t11-/m1/s1. The van der Waals surface area contributed by atoms with E-state index in [-0.39, 0.29) is 11.9 Å². The lowest BCUT2D eigenvalue weighted by molar-refractivity contribution is -0.123. The summed E-state index contributed by atoms with van der Waals surface area (Å²) in [6, 6.07) is 0.131. The minimum atomic E-state index is -0.227. The molecule has 118 valence electrons. The molecular weight excluding hydrogens is 268 g/mol. The molecule has 2 N–H and O–H groups in total. The highest BCUT2D eigenvalue weighted by Crippen LogP contribution is 2.21. The summed E-state index contributed by atoms with van der Waals surface area (Å²) in [4.78, 5) is 12.1. The van der Waals surface area contributed by atoms with Crippen LogP contribution in [0.1, 0.15) is 43.9 Å². The summed E-state index contributed by atoms with van der Waals surface area (Å²) in [5, 5.41) is 10.7. The summed E-state index contributed by atoms with van der Waals surface area (Å²) in [5.41, 5.74) is 1.92. The van der Waals surface area contributed by atoms with Gasteiger partial charge >= 0.3 is 0 Å². The van der Waals surface area contributed by atoms with Crippen molar-refractivity contribution in [3.63, 3.8) is 0 Å². The Kier molecular flexibility index (Phi) is 5.22. The summed E-state index contributed by atoms with van der Waals surface area (Å²) < 4.78 is 7.08. The summed E-state index contributed by atoms with van der Waals surface area (Å²) in [7, 11) is 3.49. The van der Waals surface area contributed by atoms with Gasteiger partial charge in [-0.3, -0.25) is 4.79 Å². The van der Waals surface area contributed by atoms with Gasteiger partial charge in [-0.15, -0.1) is 0 Å². The Labute approximate surface area is 126 Å². The van der Waals surface area contributed by atoms with E-state index in [0.29, 0.717) is 12.6 Å². The third-order valence-electron chi connectivity index (χ3n) is 4.16. The third-order valence-corrected chi connectivity index (χ3v) is 4.16. The van der Waals surface area contributed by atoms with E-state index in [1.54, 1.807) is 11.8 Å². The summed E-state index contributed by atoms with van der Waals surface area (Å²) in [6.07, 6.45) is 4.65. The number of carbonyl (C=O) groups excluding carboxylic acids is 1. The molecule has 1 amide bonds. The predicted octanol–water partition coefficient (Wildman–Crippen LogP) is 1.27. The molecule has 0 unspecified atom stereocenters. The molecule has 0 saturated heterocycles. The van der Waals surface area contributed by atoms with Gasteiger partial charge < -0.3 is 15.4 Å². The number of ether oxygens (including phenoxy) is 1. The fraction of sp³-hybridized carbons (Fsp3) is 0.733. The van der Waals surface area contributed by atoms with E-state index < -0.39 is 0 Å². The van der Waals surface area contributed by atoms with Gasteiger partial charge in [-0.25, -0.2) is 4.68 Å². The maximum atomic E-state index is 12.1. The second-order valence-corrected chi connectivity index (χ2v) is 5.79. The maximum absolute atomic E-state index is 12.1. The average molecular weight is 294 g/mol. The monoisotopic (exact) mass is 294 g/mol. The number of rotatable bonds is 6. The zero-order valence-corrected chi connectivity index (χ0v) is 13.4. The number of aromatic nitrogens is 2. The Morgan fingerprint density at radius 1 is 1.48 bits per heavy atom. The van der Waals surface area contributed by atoms with Crippen LogP contribution in [0.2, 0.25) is 0 Å². The molecular formula is C15H26N4O2. The lowest BCUT2D eigenvalue weighted by Crippen LogP contribution is -2.45. The number of nitrogens with zero attached hydrogens (tertiary/aromatic N) is 2. The highest BCUT2D eigenvalue weighted by atomic mass is 16.5. The minimum Gasteiger partial charge on any atom is -0.481 e. The maximum Gasteiger partial charge on any atom is 0.237 e. The van der Waals surface area contributed by atoms with Crippen molar-refractivity contribution in [1.82, 2.24) is 20.4 Å². The number of aryl methyl sites for hydroxylation is 2. The van der Waals surface area contributed by atoms with Gasteiger partial charge in [0, 0.05) is 19.6 Å². The summed E-state index contributed by atoms with van der Waals surface area (Å²) >= 11 is 0. The Bertz CT molecular complexity index is 492. The van der Waals surface area contributed by atoms with Gasteiger partial charge in [0.25, 0.3) is 0 Å². The van der Waals surface area contributed by atoms with Crippen LogP contribution in [0.4, 0.5) is 0 Å². The first-order valence-electron chi connectivity index (χ1n) is 7.63. The van der Waals surface area contributed by atoms with E-state index in [9.17, 15) is 4.79 Å². The average Bonchev–Trinajstić information content (AvgIpc) is 3.03. The lowest BCUT2D eigenvalue weighted by Gasteiger charge is -2.18. The third kappa shape index (κ3) is 3.75. The van der Waals surface area contributed by atoms with Gasteiger partial charge in [0.1, 0.15) is 0 Å². The van der Waals surface area contributed by atoms with Crippen molar-refractivity contribution in [2.45, 2.75) is 58.2 Å². The van der Waals surface area contributed by atoms with Gasteiger partial charge in [-0.05, 0) is 26.7 Å². The van der Waals surface area contributed by atoms with E-state index in [4.69, 9.17) is 4.74 Å². The molecule has 0 aliphatic heterocycles. The molecule has 1 atom stereocenters. The van der Waals surface area contributed by atoms with Crippen LogP contribution in [0.3, 0.4) is 0 Å². The van der Waals surface area contributed by atoms with Crippen LogP contribution in [0, 0.1) is 6.92 Å². The van der Waals surface area contributed by atoms with Gasteiger partial charge in [0.2, 0.25) is 11.8 Å². The highest BCUT2D eigenvalue weighted by molar-refractivity contribution is 5.81. The van der Waals surface area contributed by atoms with E-state index in [2.05, 4.69) is 15.7 Å². The molecule has 1 aliphatic carbocycles. The fourth-order valence-electron chi connectivity index (χ4n) is 2.88. The molecule has 21 heavy (non-hydrogen) atoms. The number of hydrogen-bond acceptors (Lipinski definition) is 4. The summed E-state index contributed by atoms with van der Waals surface area (Å²) in [5.74, 6) is 0.811. The van der Waals surface area contributed by atoms with Gasteiger partial charge in [0.15, 0.2) is 0 Å². The zero-order valence-electron chi connectivity index (χ0n) is 13.4. The van der Waals surface area contributed by atoms with Crippen LogP contribution in [-0.4, -0.2) is 34.9 Å². The van der Waals surface area contributed by atoms with E-state index in [1.165, 1.54) is 12.8 Å². The smallest absolute Gasteiger partial charge is 0.237 e. The molecule has 1 aromatic heterocycles. The highest BCUT2D eigenvalue weighted by Gasteiger charge is 2.21.